The average Bonchev–Trinajstić information content (AvgIpc) is 3.28. The molecule has 2 atom stereocenters. The smallest absolute Gasteiger partial charge is 0.225 e. The molecule has 7 heteroatoms. The van der Waals surface area contributed by atoms with Gasteiger partial charge in [0, 0.05) is 44.6 Å². The predicted octanol–water partition coefficient (Wildman–Crippen LogP) is 0.452. The van der Waals surface area contributed by atoms with Crippen LogP contribution in [0.25, 0.3) is 0 Å². The van der Waals surface area contributed by atoms with E-state index in [1.807, 2.05) is 4.90 Å². The van der Waals surface area contributed by atoms with E-state index < -0.39 is 0 Å². The number of ether oxygens (including phenoxy) is 1. The number of hydrogen-bond acceptors (Lipinski definition) is 5. The van der Waals surface area contributed by atoms with Crippen LogP contribution in [0.3, 0.4) is 0 Å². The first-order chi connectivity index (χ1) is 13.1. The van der Waals surface area contributed by atoms with E-state index in [1.165, 1.54) is 6.42 Å². The monoisotopic (exact) mass is 380 g/mol. The van der Waals surface area contributed by atoms with Crippen LogP contribution in [0.15, 0.2) is 0 Å². The van der Waals surface area contributed by atoms with Crippen molar-refractivity contribution in [2.24, 2.45) is 11.3 Å². The van der Waals surface area contributed by atoms with Crippen molar-refractivity contribution in [3.63, 3.8) is 0 Å². The summed E-state index contributed by atoms with van der Waals surface area (Å²) >= 11 is 0. The fourth-order valence-corrected chi connectivity index (χ4v) is 4.95. The Morgan fingerprint density at radius 1 is 1.37 bits per heavy atom. The van der Waals surface area contributed by atoms with Gasteiger partial charge in [-0.15, -0.1) is 0 Å². The first-order valence-electron chi connectivity index (χ1n) is 10.6. The normalized spacial score (nSPS) is 28.7. The number of nitrogens with one attached hydrogen (secondary N) is 2. The summed E-state index contributed by atoms with van der Waals surface area (Å²) in [5.74, 6) is -0.0551. The first-order valence-corrected chi connectivity index (χ1v) is 10.6. The summed E-state index contributed by atoms with van der Waals surface area (Å²) in [5.41, 5.74) is 0.0173. The maximum Gasteiger partial charge on any atom is 0.225 e. The first kappa shape index (κ1) is 20.6. The highest BCUT2D eigenvalue weighted by Gasteiger charge is 2.38. The highest BCUT2D eigenvalue weighted by Crippen LogP contribution is 2.29. The van der Waals surface area contributed by atoms with Gasteiger partial charge in [-0.05, 0) is 51.9 Å². The van der Waals surface area contributed by atoms with Crippen LogP contribution < -0.4 is 10.6 Å². The van der Waals surface area contributed by atoms with Crippen LogP contribution in [-0.4, -0.2) is 87.2 Å². The van der Waals surface area contributed by atoms with Crippen molar-refractivity contribution < 1.29 is 14.3 Å². The lowest BCUT2D eigenvalue weighted by Gasteiger charge is -2.37. The zero-order valence-corrected chi connectivity index (χ0v) is 17.0. The number of nitrogens with zero attached hydrogens (tertiary/aromatic N) is 2. The molecule has 2 unspecified atom stereocenters. The van der Waals surface area contributed by atoms with Crippen LogP contribution in [0.1, 0.15) is 39.0 Å². The lowest BCUT2D eigenvalue weighted by molar-refractivity contribution is -0.129. The average molecular weight is 381 g/mol. The number of likely N-dealkylation sites (tertiary alicyclic amines) is 2. The molecule has 154 valence electrons. The molecule has 3 fully saturated rings. The minimum atomic E-state index is -0.213. The summed E-state index contributed by atoms with van der Waals surface area (Å²) in [6.45, 7) is 8.91. The van der Waals surface area contributed by atoms with Crippen molar-refractivity contribution in [3.8, 4) is 0 Å². The van der Waals surface area contributed by atoms with Crippen LogP contribution in [-0.2, 0) is 14.3 Å². The highest BCUT2D eigenvalue weighted by molar-refractivity contribution is 5.89. The van der Waals surface area contributed by atoms with Crippen molar-refractivity contribution in [1.82, 2.24) is 20.4 Å². The minimum Gasteiger partial charge on any atom is -0.384 e. The van der Waals surface area contributed by atoms with Gasteiger partial charge in [0.25, 0.3) is 0 Å². The van der Waals surface area contributed by atoms with Gasteiger partial charge in [-0.2, -0.15) is 0 Å². The van der Waals surface area contributed by atoms with Gasteiger partial charge >= 0.3 is 0 Å². The summed E-state index contributed by atoms with van der Waals surface area (Å²) in [7, 11) is 1.72. The molecule has 3 heterocycles. The number of rotatable bonds is 8. The lowest BCUT2D eigenvalue weighted by Crippen LogP contribution is -2.48. The molecule has 3 saturated heterocycles. The van der Waals surface area contributed by atoms with Gasteiger partial charge in [-0.1, -0.05) is 6.92 Å². The molecule has 0 aromatic rings. The molecule has 3 aliphatic rings. The number of carbonyl (C=O) groups is 2. The number of carbonyl (C=O) groups excluding carboxylic acids is 2. The van der Waals surface area contributed by atoms with E-state index in [2.05, 4.69) is 22.5 Å². The zero-order valence-electron chi connectivity index (χ0n) is 17.0. The molecular formula is C20H36N4O3. The van der Waals surface area contributed by atoms with E-state index in [0.717, 1.165) is 52.0 Å². The fourth-order valence-electron chi connectivity index (χ4n) is 4.95. The summed E-state index contributed by atoms with van der Waals surface area (Å²) in [5, 5.41) is 6.51. The van der Waals surface area contributed by atoms with Crippen LogP contribution in [0.2, 0.25) is 0 Å². The fraction of sp³-hybridized carbons (Fsp3) is 0.900. The Kier molecular flexibility index (Phi) is 7.11. The van der Waals surface area contributed by atoms with E-state index >= 15 is 0 Å². The summed E-state index contributed by atoms with van der Waals surface area (Å²) in [6, 6.07) is 0.459. The third-order valence-electron chi connectivity index (χ3n) is 6.67. The Morgan fingerprint density at radius 3 is 2.85 bits per heavy atom. The Bertz CT molecular complexity index is 516. The van der Waals surface area contributed by atoms with Gasteiger partial charge in [0.1, 0.15) is 0 Å². The van der Waals surface area contributed by atoms with Crippen LogP contribution in [0.5, 0.6) is 0 Å². The molecule has 3 rings (SSSR count). The summed E-state index contributed by atoms with van der Waals surface area (Å²) < 4.78 is 5.43. The quantitative estimate of drug-likeness (QED) is 0.640. The SMILES string of the molecule is CCN1CCCC1CN1CC(C(=O)NCC2(COC)CCNCC2)CC1=O. The molecule has 0 aliphatic carbocycles. The van der Waals surface area contributed by atoms with Crippen molar-refractivity contribution in [3.05, 3.63) is 0 Å². The van der Waals surface area contributed by atoms with E-state index in [9.17, 15) is 9.59 Å². The Labute approximate surface area is 163 Å². The van der Waals surface area contributed by atoms with E-state index in [4.69, 9.17) is 4.74 Å². The molecule has 0 radical (unpaired) electrons. The molecule has 0 aromatic heterocycles. The van der Waals surface area contributed by atoms with Gasteiger partial charge in [-0.3, -0.25) is 14.5 Å². The number of piperidine rings is 1. The maximum atomic E-state index is 12.7. The van der Waals surface area contributed by atoms with Crippen LogP contribution >= 0.6 is 0 Å². The topological polar surface area (TPSA) is 73.9 Å². The molecule has 0 spiro atoms. The predicted molar refractivity (Wildman–Crippen MR) is 104 cm³/mol. The zero-order chi connectivity index (χ0) is 19.3. The molecule has 7 nitrogen and oxygen atoms in total. The number of likely N-dealkylation sites (N-methyl/N-ethyl adjacent to an activating group) is 1. The Hall–Kier alpha value is -1.18. The standard InChI is InChI=1S/C20H36N4O3/c1-3-23-10-4-5-17(23)13-24-12-16(11-18(24)25)19(26)22-14-20(15-27-2)6-8-21-9-7-20/h16-17,21H,3-15H2,1-2H3,(H,22,26). The van der Waals surface area contributed by atoms with Crippen molar-refractivity contribution in [1.29, 1.82) is 0 Å². The molecule has 0 saturated carbocycles. The van der Waals surface area contributed by atoms with Gasteiger partial charge in [0.2, 0.25) is 11.8 Å². The van der Waals surface area contributed by atoms with Gasteiger partial charge in [0.15, 0.2) is 0 Å². The third-order valence-corrected chi connectivity index (χ3v) is 6.67. The molecular weight excluding hydrogens is 344 g/mol. The van der Waals surface area contributed by atoms with Gasteiger partial charge in [-0.25, -0.2) is 0 Å². The number of hydrogen-bond donors (Lipinski definition) is 2. The number of amides is 2. The lowest BCUT2D eigenvalue weighted by atomic mass is 9.79. The minimum absolute atomic E-state index is 0.0173. The molecule has 3 aliphatic heterocycles. The van der Waals surface area contributed by atoms with Crippen LogP contribution in [0.4, 0.5) is 0 Å². The second-order valence-electron chi connectivity index (χ2n) is 8.53. The van der Waals surface area contributed by atoms with Gasteiger partial charge < -0.3 is 20.3 Å². The van der Waals surface area contributed by atoms with Crippen molar-refractivity contribution in [2.45, 2.75) is 45.1 Å². The Morgan fingerprint density at radius 2 is 2.15 bits per heavy atom. The van der Waals surface area contributed by atoms with Crippen molar-refractivity contribution >= 4 is 11.8 Å². The van der Waals surface area contributed by atoms with E-state index in [1.54, 1.807) is 7.11 Å². The second kappa shape index (κ2) is 9.34. The maximum absolute atomic E-state index is 12.7. The second-order valence-corrected chi connectivity index (χ2v) is 8.53. The largest absolute Gasteiger partial charge is 0.384 e. The Balaban J connectivity index is 1.49. The molecule has 27 heavy (non-hydrogen) atoms. The summed E-state index contributed by atoms with van der Waals surface area (Å²) in [6.07, 6.45) is 4.73. The molecule has 0 aromatic carbocycles. The molecule has 0 bridgehead atoms. The molecule has 2 amide bonds. The van der Waals surface area contributed by atoms with Gasteiger partial charge in [0.05, 0.1) is 12.5 Å². The van der Waals surface area contributed by atoms with E-state index in [0.29, 0.717) is 32.2 Å². The van der Waals surface area contributed by atoms with Crippen LogP contribution in [0, 0.1) is 11.3 Å². The van der Waals surface area contributed by atoms with E-state index in [-0.39, 0.29) is 23.1 Å². The highest BCUT2D eigenvalue weighted by atomic mass is 16.5. The third kappa shape index (κ3) is 5.00. The summed E-state index contributed by atoms with van der Waals surface area (Å²) in [4.78, 5) is 29.5. The number of methoxy groups -OCH3 is 1. The molecule has 2 N–H and O–H groups in total. The van der Waals surface area contributed by atoms with Crippen molar-refractivity contribution in [2.75, 3.05) is 59.5 Å².